The molecular weight excluding hydrogens is 311 g/mol. The highest BCUT2D eigenvalue weighted by molar-refractivity contribution is 6.34. The monoisotopic (exact) mass is 326 g/mol. The van der Waals surface area contributed by atoms with Gasteiger partial charge in [-0.05, 0) is 30.2 Å². The van der Waals surface area contributed by atoms with Crippen LogP contribution in [0, 0.1) is 0 Å². The van der Waals surface area contributed by atoms with Gasteiger partial charge in [-0.15, -0.1) is 0 Å². The van der Waals surface area contributed by atoms with E-state index in [1.54, 1.807) is 6.07 Å². The lowest BCUT2D eigenvalue weighted by atomic mass is 10.1. The van der Waals surface area contributed by atoms with Gasteiger partial charge in [0.25, 0.3) is 0 Å². The molecule has 0 aromatic heterocycles. The van der Waals surface area contributed by atoms with E-state index in [0.29, 0.717) is 16.5 Å². The molecule has 2 aromatic rings. The van der Waals surface area contributed by atoms with Crippen molar-refractivity contribution in [1.82, 2.24) is 0 Å². The summed E-state index contributed by atoms with van der Waals surface area (Å²) >= 11 is 11.0. The summed E-state index contributed by atoms with van der Waals surface area (Å²) in [6, 6.07) is 14.3. The molecule has 21 heavy (non-hydrogen) atoms. The second kappa shape index (κ2) is 9.27. The Labute approximate surface area is 134 Å². The molecule has 0 aliphatic rings. The molecule has 0 aliphatic carbocycles. The van der Waals surface area contributed by atoms with E-state index >= 15 is 0 Å². The summed E-state index contributed by atoms with van der Waals surface area (Å²) in [6.07, 6.45) is 1.22. The third-order valence-corrected chi connectivity index (χ3v) is 2.97. The number of hydrogen-bond acceptors (Lipinski definition) is 3. The van der Waals surface area contributed by atoms with Crippen LogP contribution in [0.25, 0.3) is 0 Å². The van der Waals surface area contributed by atoms with E-state index in [-0.39, 0.29) is 11.7 Å². The van der Waals surface area contributed by atoms with Crippen molar-refractivity contribution in [1.29, 1.82) is 0 Å². The number of carbonyl (C=O) groups is 1. The third-order valence-electron chi connectivity index (χ3n) is 2.54. The number of methoxy groups -OCH3 is 1. The maximum atomic E-state index is 10.8. The van der Waals surface area contributed by atoms with Gasteiger partial charge in [0.05, 0.1) is 7.11 Å². The van der Waals surface area contributed by atoms with Crippen LogP contribution in [-0.4, -0.2) is 18.2 Å². The average Bonchev–Trinajstić information content (AvgIpc) is 2.45. The van der Waals surface area contributed by atoms with Gasteiger partial charge in [0, 0.05) is 16.5 Å². The number of hydrogen-bond donors (Lipinski definition) is 1. The van der Waals surface area contributed by atoms with Crippen LogP contribution in [-0.2, 0) is 16.0 Å². The first-order valence-electron chi connectivity index (χ1n) is 6.27. The van der Waals surface area contributed by atoms with E-state index < -0.39 is 0 Å². The van der Waals surface area contributed by atoms with Gasteiger partial charge >= 0.3 is 5.97 Å². The van der Waals surface area contributed by atoms with E-state index in [1.807, 2.05) is 30.3 Å². The van der Waals surface area contributed by atoms with Crippen LogP contribution in [0.1, 0.15) is 12.0 Å². The van der Waals surface area contributed by atoms with E-state index in [9.17, 15) is 4.79 Å². The first-order valence-corrected chi connectivity index (χ1v) is 7.02. The molecule has 0 amide bonds. The zero-order valence-corrected chi connectivity index (χ0v) is 13.1. The molecule has 0 spiro atoms. The summed E-state index contributed by atoms with van der Waals surface area (Å²) in [4.78, 5) is 10.8. The van der Waals surface area contributed by atoms with Crippen molar-refractivity contribution >= 4 is 29.2 Å². The summed E-state index contributed by atoms with van der Waals surface area (Å²) in [5, 5.41) is 9.71. The van der Waals surface area contributed by atoms with Crippen molar-refractivity contribution in [3.05, 3.63) is 64.1 Å². The molecule has 0 saturated carbocycles. The number of halogens is 2. The fourth-order valence-electron chi connectivity index (χ4n) is 1.53. The molecule has 112 valence electrons. The van der Waals surface area contributed by atoms with E-state index in [0.717, 1.165) is 6.42 Å². The van der Waals surface area contributed by atoms with Gasteiger partial charge in [0.15, 0.2) is 0 Å². The summed E-state index contributed by atoms with van der Waals surface area (Å²) in [5.41, 5.74) is 1.17. The first-order chi connectivity index (χ1) is 10.0. The maximum Gasteiger partial charge on any atom is 0.305 e. The summed E-state index contributed by atoms with van der Waals surface area (Å²) in [7, 11) is 1.41. The standard InChI is InChI=1S/C10H12O2.C6H4Cl2O/c1-12-10(11)8-7-9-5-3-2-4-6-9;7-4-1-5(8)3-6(9)2-4/h2-6H,7-8H2,1H3;1-3,9H. The molecular formula is C16H16Cl2O3. The molecule has 0 unspecified atom stereocenters. The summed E-state index contributed by atoms with van der Waals surface area (Å²) in [6.45, 7) is 0. The van der Waals surface area contributed by atoms with Gasteiger partial charge in [0.2, 0.25) is 0 Å². The Morgan fingerprint density at radius 2 is 1.67 bits per heavy atom. The average molecular weight is 327 g/mol. The predicted octanol–water partition coefficient (Wildman–Crippen LogP) is 4.49. The smallest absolute Gasteiger partial charge is 0.305 e. The fraction of sp³-hybridized carbons (Fsp3) is 0.188. The topological polar surface area (TPSA) is 46.5 Å². The summed E-state index contributed by atoms with van der Waals surface area (Å²) in [5.74, 6) is -0.0636. The number of phenolic OH excluding ortho intramolecular Hbond substituents is 1. The van der Waals surface area contributed by atoms with Gasteiger partial charge < -0.3 is 9.84 Å². The Balaban J connectivity index is 0.000000219. The largest absolute Gasteiger partial charge is 0.508 e. The third kappa shape index (κ3) is 7.59. The number of aryl methyl sites for hydroxylation is 1. The molecule has 2 aromatic carbocycles. The number of esters is 1. The minimum absolute atomic E-state index is 0.0903. The molecule has 0 saturated heterocycles. The lowest BCUT2D eigenvalue weighted by molar-refractivity contribution is -0.140. The van der Waals surface area contributed by atoms with Gasteiger partial charge in [0.1, 0.15) is 5.75 Å². The Morgan fingerprint density at radius 3 is 2.14 bits per heavy atom. The highest BCUT2D eigenvalue weighted by Crippen LogP contribution is 2.22. The van der Waals surface area contributed by atoms with Crippen molar-refractivity contribution in [2.24, 2.45) is 0 Å². The van der Waals surface area contributed by atoms with Crippen LogP contribution in [0.15, 0.2) is 48.5 Å². The Hall–Kier alpha value is -1.71. The molecule has 0 fully saturated rings. The molecule has 0 radical (unpaired) electrons. The molecule has 1 N–H and O–H groups in total. The SMILES string of the molecule is COC(=O)CCc1ccccc1.Oc1cc(Cl)cc(Cl)c1. The zero-order chi connectivity index (χ0) is 15.7. The predicted molar refractivity (Wildman–Crippen MR) is 84.9 cm³/mol. The zero-order valence-electron chi connectivity index (χ0n) is 11.6. The lowest BCUT2D eigenvalue weighted by Crippen LogP contribution is -2.01. The van der Waals surface area contributed by atoms with E-state index in [1.165, 1.54) is 24.8 Å². The van der Waals surface area contributed by atoms with Crippen LogP contribution in [0.4, 0.5) is 0 Å². The number of carbonyl (C=O) groups excluding carboxylic acids is 1. The van der Waals surface area contributed by atoms with Gasteiger partial charge in [-0.25, -0.2) is 0 Å². The highest BCUT2D eigenvalue weighted by atomic mass is 35.5. The van der Waals surface area contributed by atoms with Crippen LogP contribution < -0.4 is 0 Å². The normalized spacial score (nSPS) is 9.48. The van der Waals surface area contributed by atoms with Crippen LogP contribution in [0.2, 0.25) is 10.0 Å². The number of benzene rings is 2. The highest BCUT2D eigenvalue weighted by Gasteiger charge is 1.99. The number of rotatable bonds is 3. The second-order valence-electron chi connectivity index (χ2n) is 4.19. The quantitative estimate of drug-likeness (QED) is 0.845. The van der Waals surface area contributed by atoms with Crippen molar-refractivity contribution < 1.29 is 14.6 Å². The fourth-order valence-corrected chi connectivity index (χ4v) is 2.05. The summed E-state index contributed by atoms with van der Waals surface area (Å²) < 4.78 is 4.53. The molecule has 3 nitrogen and oxygen atoms in total. The Kier molecular flexibility index (Phi) is 7.65. The van der Waals surface area contributed by atoms with Crippen LogP contribution in [0.5, 0.6) is 5.75 Å². The van der Waals surface area contributed by atoms with Crippen molar-refractivity contribution in [3.8, 4) is 5.75 Å². The van der Waals surface area contributed by atoms with Crippen molar-refractivity contribution in [2.45, 2.75) is 12.8 Å². The minimum Gasteiger partial charge on any atom is -0.508 e. The number of phenols is 1. The second-order valence-corrected chi connectivity index (χ2v) is 5.06. The molecule has 0 aliphatic heterocycles. The molecule has 0 atom stereocenters. The van der Waals surface area contributed by atoms with E-state index in [4.69, 9.17) is 28.3 Å². The molecule has 0 bridgehead atoms. The minimum atomic E-state index is -0.154. The Bertz CT molecular complexity index is 521. The van der Waals surface area contributed by atoms with Gasteiger partial charge in [-0.1, -0.05) is 53.5 Å². The van der Waals surface area contributed by atoms with Gasteiger partial charge in [-0.3, -0.25) is 4.79 Å². The molecule has 0 heterocycles. The lowest BCUT2D eigenvalue weighted by Gasteiger charge is -1.98. The van der Waals surface area contributed by atoms with E-state index in [2.05, 4.69) is 4.74 Å². The maximum absolute atomic E-state index is 10.8. The number of ether oxygens (including phenoxy) is 1. The van der Waals surface area contributed by atoms with Crippen LogP contribution >= 0.6 is 23.2 Å². The van der Waals surface area contributed by atoms with Crippen molar-refractivity contribution in [2.75, 3.05) is 7.11 Å². The van der Waals surface area contributed by atoms with Gasteiger partial charge in [-0.2, -0.15) is 0 Å². The first kappa shape index (κ1) is 17.3. The Morgan fingerprint density at radius 1 is 1.10 bits per heavy atom. The number of aromatic hydroxyl groups is 1. The molecule has 5 heteroatoms. The molecule has 2 rings (SSSR count). The van der Waals surface area contributed by atoms with Crippen LogP contribution in [0.3, 0.4) is 0 Å². The van der Waals surface area contributed by atoms with Crippen molar-refractivity contribution in [3.63, 3.8) is 0 Å².